The van der Waals surface area contributed by atoms with Crippen LogP contribution in [0.1, 0.15) is 18.4 Å². The molecule has 0 spiro atoms. The summed E-state index contributed by atoms with van der Waals surface area (Å²) >= 11 is 0. The minimum atomic E-state index is -0.278. The maximum atomic E-state index is 12.3. The third-order valence-corrected chi connectivity index (χ3v) is 4.01. The number of rotatable bonds is 8. The first kappa shape index (κ1) is 17.3. The Hall–Kier alpha value is -2.08. The molecule has 6 heteroatoms. The second-order valence-electron chi connectivity index (χ2n) is 5.62. The Labute approximate surface area is 136 Å². The van der Waals surface area contributed by atoms with E-state index in [0.29, 0.717) is 26.2 Å². The maximum absolute atomic E-state index is 12.3. The molecule has 1 fully saturated rings. The van der Waals surface area contributed by atoms with Crippen molar-refractivity contribution < 1.29 is 19.1 Å². The van der Waals surface area contributed by atoms with E-state index in [1.54, 1.807) is 19.1 Å². The van der Waals surface area contributed by atoms with E-state index in [2.05, 4.69) is 5.32 Å². The molecular weight excluding hydrogens is 296 g/mol. The number of hydrogen-bond acceptors (Lipinski definition) is 4. The van der Waals surface area contributed by atoms with Crippen LogP contribution < -0.4 is 10.1 Å². The molecule has 1 aliphatic rings. The molecule has 1 saturated heterocycles. The van der Waals surface area contributed by atoms with Crippen LogP contribution in [-0.4, -0.2) is 50.6 Å². The average Bonchev–Trinajstić information content (AvgIpc) is 2.94. The quantitative estimate of drug-likeness (QED) is 0.731. The van der Waals surface area contributed by atoms with Crippen molar-refractivity contribution in [1.29, 1.82) is 0 Å². The molecule has 126 valence electrons. The van der Waals surface area contributed by atoms with Crippen LogP contribution in [-0.2, 0) is 20.9 Å². The van der Waals surface area contributed by atoms with Gasteiger partial charge in [-0.15, -0.1) is 0 Å². The third-order valence-electron chi connectivity index (χ3n) is 4.01. The molecule has 1 N–H and O–H groups in total. The number of likely N-dealkylation sites (tertiary alicyclic amines) is 1. The molecule has 6 nitrogen and oxygen atoms in total. The Balaban J connectivity index is 1.83. The highest BCUT2D eigenvalue weighted by molar-refractivity contribution is 5.89. The first-order valence-corrected chi connectivity index (χ1v) is 7.82. The van der Waals surface area contributed by atoms with E-state index in [-0.39, 0.29) is 24.2 Å². The Morgan fingerprint density at radius 3 is 2.87 bits per heavy atom. The highest BCUT2D eigenvalue weighted by atomic mass is 16.5. The van der Waals surface area contributed by atoms with Crippen LogP contribution in [0.5, 0.6) is 5.75 Å². The molecule has 0 saturated carbocycles. The fourth-order valence-corrected chi connectivity index (χ4v) is 2.74. The van der Waals surface area contributed by atoms with E-state index < -0.39 is 0 Å². The molecule has 1 atom stereocenters. The molecule has 2 rings (SSSR count). The first-order valence-electron chi connectivity index (χ1n) is 7.82. The van der Waals surface area contributed by atoms with E-state index in [1.807, 2.05) is 24.3 Å². The molecule has 1 aliphatic heterocycles. The Morgan fingerprint density at radius 2 is 2.13 bits per heavy atom. The van der Waals surface area contributed by atoms with Gasteiger partial charge in [0.2, 0.25) is 11.8 Å². The molecule has 1 unspecified atom stereocenters. The van der Waals surface area contributed by atoms with Gasteiger partial charge in [-0.2, -0.15) is 0 Å². The van der Waals surface area contributed by atoms with Gasteiger partial charge in [-0.3, -0.25) is 9.59 Å². The Bertz CT molecular complexity index is 547. The lowest BCUT2D eigenvalue weighted by atomic mass is 10.1. The summed E-state index contributed by atoms with van der Waals surface area (Å²) in [4.78, 5) is 26.0. The lowest BCUT2D eigenvalue weighted by molar-refractivity contribution is -0.129. The van der Waals surface area contributed by atoms with Gasteiger partial charge in [0.15, 0.2) is 0 Å². The van der Waals surface area contributed by atoms with Gasteiger partial charge in [-0.25, -0.2) is 0 Å². The van der Waals surface area contributed by atoms with Gasteiger partial charge in [0, 0.05) is 45.3 Å². The van der Waals surface area contributed by atoms with E-state index in [9.17, 15) is 9.59 Å². The summed E-state index contributed by atoms with van der Waals surface area (Å²) in [5.41, 5.74) is 0.921. The van der Waals surface area contributed by atoms with Gasteiger partial charge in [-0.05, 0) is 12.5 Å². The van der Waals surface area contributed by atoms with E-state index in [4.69, 9.17) is 9.47 Å². The molecular formula is C17H24N2O4. The van der Waals surface area contributed by atoms with Crippen molar-refractivity contribution in [1.82, 2.24) is 10.2 Å². The molecule has 0 bridgehead atoms. The Morgan fingerprint density at radius 1 is 1.35 bits per heavy atom. The van der Waals surface area contributed by atoms with Gasteiger partial charge >= 0.3 is 0 Å². The second kappa shape index (κ2) is 8.53. The monoisotopic (exact) mass is 320 g/mol. The molecule has 1 aromatic carbocycles. The summed E-state index contributed by atoms with van der Waals surface area (Å²) in [6.07, 6.45) is 1.07. The SMILES string of the molecule is COCCCN1CC(C(=O)NCc2ccccc2OC)CC1=O. The van der Waals surface area contributed by atoms with Crippen LogP contribution in [0.15, 0.2) is 24.3 Å². The second-order valence-corrected chi connectivity index (χ2v) is 5.62. The predicted octanol–water partition coefficient (Wildman–Crippen LogP) is 1.20. The third kappa shape index (κ3) is 4.69. The van der Waals surface area contributed by atoms with Crippen molar-refractivity contribution in [2.24, 2.45) is 5.92 Å². The molecule has 0 radical (unpaired) electrons. The number of para-hydroxylation sites is 1. The number of benzene rings is 1. The van der Waals surface area contributed by atoms with E-state index in [1.165, 1.54) is 0 Å². The fraction of sp³-hybridized carbons (Fsp3) is 0.529. The summed E-state index contributed by atoms with van der Waals surface area (Å²) in [5, 5.41) is 2.90. The zero-order valence-electron chi connectivity index (χ0n) is 13.7. The number of hydrogen-bond donors (Lipinski definition) is 1. The fourth-order valence-electron chi connectivity index (χ4n) is 2.74. The minimum absolute atomic E-state index is 0.0403. The summed E-state index contributed by atoms with van der Waals surface area (Å²) in [6.45, 7) is 2.15. The van der Waals surface area contributed by atoms with Crippen molar-refractivity contribution in [3.05, 3.63) is 29.8 Å². The van der Waals surface area contributed by atoms with Crippen molar-refractivity contribution >= 4 is 11.8 Å². The standard InChI is InChI=1S/C17H24N2O4/c1-22-9-5-8-19-12-14(10-16(19)20)17(21)18-11-13-6-3-4-7-15(13)23-2/h3-4,6-7,14H,5,8-12H2,1-2H3,(H,18,21). The normalized spacial score (nSPS) is 17.4. The molecule has 1 heterocycles. The van der Waals surface area contributed by atoms with Gasteiger partial charge in [0.05, 0.1) is 13.0 Å². The Kier molecular flexibility index (Phi) is 6.40. The van der Waals surface area contributed by atoms with Gasteiger partial charge in [0.25, 0.3) is 0 Å². The van der Waals surface area contributed by atoms with Crippen LogP contribution in [0.3, 0.4) is 0 Å². The minimum Gasteiger partial charge on any atom is -0.496 e. The number of amides is 2. The smallest absolute Gasteiger partial charge is 0.225 e. The molecule has 23 heavy (non-hydrogen) atoms. The van der Waals surface area contributed by atoms with Crippen LogP contribution in [0.2, 0.25) is 0 Å². The largest absolute Gasteiger partial charge is 0.496 e. The number of methoxy groups -OCH3 is 2. The number of ether oxygens (including phenoxy) is 2. The highest BCUT2D eigenvalue weighted by Gasteiger charge is 2.33. The number of nitrogens with one attached hydrogen (secondary N) is 1. The predicted molar refractivity (Wildman–Crippen MR) is 86.0 cm³/mol. The molecule has 1 aromatic rings. The lowest BCUT2D eigenvalue weighted by Crippen LogP contribution is -2.33. The summed E-state index contributed by atoms with van der Waals surface area (Å²) < 4.78 is 10.3. The van der Waals surface area contributed by atoms with Gasteiger partial charge in [-0.1, -0.05) is 18.2 Å². The highest BCUT2D eigenvalue weighted by Crippen LogP contribution is 2.20. The summed E-state index contributed by atoms with van der Waals surface area (Å²) in [6, 6.07) is 7.56. The molecule has 2 amide bonds. The van der Waals surface area contributed by atoms with E-state index >= 15 is 0 Å². The first-order chi connectivity index (χ1) is 11.2. The van der Waals surface area contributed by atoms with Crippen LogP contribution in [0.25, 0.3) is 0 Å². The van der Waals surface area contributed by atoms with Gasteiger partial charge in [0.1, 0.15) is 5.75 Å². The van der Waals surface area contributed by atoms with E-state index in [0.717, 1.165) is 17.7 Å². The van der Waals surface area contributed by atoms with Crippen molar-refractivity contribution in [2.45, 2.75) is 19.4 Å². The zero-order chi connectivity index (χ0) is 16.7. The van der Waals surface area contributed by atoms with Crippen molar-refractivity contribution in [3.63, 3.8) is 0 Å². The lowest BCUT2D eigenvalue weighted by Gasteiger charge is -2.16. The topological polar surface area (TPSA) is 67.9 Å². The molecule has 0 aliphatic carbocycles. The number of nitrogens with zero attached hydrogens (tertiary/aromatic N) is 1. The summed E-state index contributed by atoms with van der Waals surface area (Å²) in [5.74, 6) is 0.424. The zero-order valence-corrected chi connectivity index (χ0v) is 13.7. The van der Waals surface area contributed by atoms with Gasteiger partial charge < -0.3 is 19.7 Å². The summed E-state index contributed by atoms with van der Waals surface area (Å²) in [7, 11) is 3.24. The number of carbonyl (C=O) groups excluding carboxylic acids is 2. The average molecular weight is 320 g/mol. The van der Waals surface area contributed by atoms with Crippen molar-refractivity contribution in [2.75, 3.05) is 33.9 Å². The number of carbonyl (C=O) groups is 2. The maximum Gasteiger partial charge on any atom is 0.225 e. The van der Waals surface area contributed by atoms with Crippen LogP contribution >= 0.6 is 0 Å². The van der Waals surface area contributed by atoms with Crippen LogP contribution in [0.4, 0.5) is 0 Å². The van der Waals surface area contributed by atoms with Crippen molar-refractivity contribution in [3.8, 4) is 5.75 Å². The molecule has 0 aromatic heterocycles. The van der Waals surface area contributed by atoms with Crippen LogP contribution in [0, 0.1) is 5.92 Å².